The molecule has 0 amide bonds. The van der Waals surface area contributed by atoms with Gasteiger partial charge in [-0.3, -0.25) is 4.79 Å². The van der Waals surface area contributed by atoms with Crippen LogP contribution >= 0.6 is 11.6 Å². The lowest BCUT2D eigenvalue weighted by Crippen LogP contribution is -2.24. The third-order valence-corrected chi connectivity index (χ3v) is 4.82. The summed E-state index contributed by atoms with van der Waals surface area (Å²) in [7, 11) is 1.46. The largest absolute Gasteiger partial charge is 0.464 e. The Morgan fingerprint density at radius 3 is 2.41 bits per heavy atom. The number of benzene rings is 2. The van der Waals surface area contributed by atoms with Crippen LogP contribution in [0.25, 0.3) is 0 Å². The Morgan fingerprint density at radius 1 is 1.06 bits per heavy atom. The third-order valence-electron chi connectivity index (χ3n) is 4.46. The van der Waals surface area contributed by atoms with E-state index in [0.717, 1.165) is 11.8 Å². The number of rotatable bonds is 8. The Labute approximate surface area is 186 Å². The zero-order valence-electron chi connectivity index (χ0n) is 17.0. The van der Waals surface area contributed by atoms with Crippen LogP contribution in [0.2, 0.25) is 5.02 Å². The first-order valence-electron chi connectivity index (χ1n) is 9.52. The van der Waals surface area contributed by atoms with Crippen LogP contribution in [0.5, 0.6) is 17.5 Å². The van der Waals surface area contributed by atoms with Crippen molar-refractivity contribution in [3.63, 3.8) is 0 Å². The first-order chi connectivity index (χ1) is 15.1. The van der Waals surface area contributed by atoms with E-state index in [9.17, 15) is 22.4 Å². The van der Waals surface area contributed by atoms with Crippen LogP contribution in [0.3, 0.4) is 0 Å². The minimum absolute atomic E-state index is 0.0627. The molecule has 0 unspecified atom stereocenters. The maximum absolute atomic E-state index is 12.9. The molecule has 0 N–H and O–H groups in total. The highest BCUT2D eigenvalue weighted by Crippen LogP contribution is 2.27. The number of hydrogen-bond donors (Lipinski definition) is 0. The minimum Gasteiger partial charge on any atom is -0.464 e. The molecule has 0 spiro atoms. The van der Waals surface area contributed by atoms with Crippen LogP contribution in [0.15, 0.2) is 53.5 Å². The lowest BCUT2D eigenvalue weighted by molar-refractivity contribution is -0.127. The fourth-order valence-electron chi connectivity index (χ4n) is 2.89. The molecule has 0 aliphatic carbocycles. The summed E-state index contributed by atoms with van der Waals surface area (Å²) in [5.74, 6) is 1.00. The average molecular weight is 471 g/mol. The van der Waals surface area contributed by atoms with Gasteiger partial charge in [-0.15, -0.1) is 0 Å². The average Bonchev–Trinajstić information content (AvgIpc) is 2.73. The number of aromatic nitrogens is 2. The smallest absolute Gasteiger partial charge is 0.393 e. The molecule has 0 aliphatic rings. The van der Waals surface area contributed by atoms with Gasteiger partial charge in [0.2, 0.25) is 0 Å². The molecule has 0 atom stereocenters. The lowest BCUT2D eigenvalue weighted by atomic mass is 10.1. The number of halogens is 5. The van der Waals surface area contributed by atoms with Crippen molar-refractivity contribution in [2.75, 3.05) is 6.61 Å². The predicted molar refractivity (Wildman–Crippen MR) is 111 cm³/mol. The molecule has 0 fully saturated rings. The molecule has 0 saturated carbocycles. The van der Waals surface area contributed by atoms with Gasteiger partial charge in [0.05, 0.1) is 13.0 Å². The topological polar surface area (TPSA) is 53.4 Å². The van der Waals surface area contributed by atoms with Gasteiger partial charge in [0.1, 0.15) is 18.2 Å². The highest BCUT2D eigenvalue weighted by Gasteiger charge is 2.29. The van der Waals surface area contributed by atoms with E-state index in [0.29, 0.717) is 28.5 Å². The standard InChI is InChI=1S/C22H19ClF4N2O3/c1-29-13-16(11-22(25,26)27)20(30)28-21(29)31-9-8-14-2-4-17(5-3-14)32-18-6-7-19(23)15(10-18)12-24/h2-7,10,13H,8-9,11-12H2,1H3. The van der Waals surface area contributed by atoms with Gasteiger partial charge < -0.3 is 14.0 Å². The number of ether oxygens (including phenoxy) is 2. The van der Waals surface area contributed by atoms with E-state index in [2.05, 4.69) is 4.98 Å². The van der Waals surface area contributed by atoms with Crippen LogP contribution in [0.4, 0.5) is 17.6 Å². The van der Waals surface area contributed by atoms with Gasteiger partial charge >= 0.3 is 6.18 Å². The van der Waals surface area contributed by atoms with E-state index in [1.54, 1.807) is 24.3 Å². The van der Waals surface area contributed by atoms with Crippen LogP contribution in [-0.4, -0.2) is 22.3 Å². The molecule has 2 aromatic carbocycles. The molecule has 1 aromatic heterocycles. The molecular formula is C22H19ClF4N2O3. The maximum Gasteiger partial charge on any atom is 0.393 e. The molecule has 170 valence electrons. The normalized spacial score (nSPS) is 11.4. The molecule has 0 bridgehead atoms. The Balaban J connectivity index is 1.57. The van der Waals surface area contributed by atoms with Crippen molar-refractivity contribution >= 4 is 11.6 Å². The number of hydrogen-bond acceptors (Lipinski definition) is 4. The third kappa shape index (κ3) is 6.46. The van der Waals surface area contributed by atoms with Crippen molar-refractivity contribution in [3.05, 3.63) is 80.7 Å². The van der Waals surface area contributed by atoms with E-state index in [-0.39, 0.29) is 12.6 Å². The maximum atomic E-state index is 12.9. The zero-order chi connectivity index (χ0) is 23.3. The zero-order valence-corrected chi connectivity index (χ0v) is 17.7. The molecule has 0 saturated heterocycles. The fourth-order valence-corrected chi connectivity index (χ4v) is 3.06. The summed E-state index contributed by atoms with van der Waals surface area (Å²) < 4.78 is 62.8. The second kappa shape index (κ2) is 10.0. The van der Waals surface area contributed by atoms with E-state index in [1.807, 2.05) is 12.1 Å². The Morgan fingerprint density at radius 2 is 1.75 bits per heavy atom. The second-order valence-electron chi connectivity index (χ2n) is 6.99. The van der Waals surface area contributed by atoms with Crippen LogP contribution in [0.1, 0.15) is 16.7 Å². The van der Waals surface area contributed by atoms with E-state index in [4.69, 9.17) is 21.1 Å². The van der Waals surface area contributed by atoms with Crippen LogP contribution in [0, 0.1) is 0 Å². The van der Waals surface area contributed by atoms with Crippen LogP contribution in [-0.2, 0) is 26.6 Å². The highest BCUT2D eigenvalue weighted by atomic mass is 35.5. The summed E-state index contributed by atoms with van der Waals surface area (Å²) in [6.45, 7) is -0.531. The molecule has 0 radical (unpaired) electrons. The molecule has 0 aliphatic heterocycles. The molecular weight excluding hydrogens is 452 g/mol. The van der Waals surface area contributed by atoms with Gasteiger partial charge in [-0.05, 0) is 35.9 Å². The highest BCUT2D eigenvalue weighted by molar-refractivity contribution is 6.31. The molecule has 32 heavy (non-hydrogen) atoms. The first-order valence-corrected chi connectivity index (χ1v) is 9.89. The number of nitrogens with zero attached hydrogens (tertiary/aromatic N) is 2. The molecule has 1 heterocycles. The van der Waals surface area contributed by atoms with Gasteiger partial charge in [0.25, 0.3) is 11.6 Å². The van der Waals surface area contributed by atoms with Gasteiger partial charge in [0, 0.05) is 35.8 Å². The quantitative estimate of drug-likeness (QED) is 0.412. The van der Waals surface area contributed by atoms with Crippen LogP contribution < -0.4 is 15.0 Å². The summed E-state index contributed by atoms with van der Waals surface area (Å²) in [5, 5.41) is 0.331. The first kappa shape index (κ1) is 23.6. The molecule has 5 nitrogen and oxygen atoms in total. The van der Waals surface area contributed by atoms with Crippen molar-refractivity contribution in [2.24, 2.45) is 7.05 Å². The van der Waals surface area contributed by atoms with Gasteiger partial charge in [-0.2, -0.15) is 18.2 Å². The summed E-state index contributed by atoms with van der Waals surface area (Å²) in [6, 6.07) is 11.8. The summed E-state index contributed by atoms with van der Waals surface area (Å²) in [6.07, 6.45) is -4.29. The van der Waals surface area contributed by atoms with Gasteiger partial charge in [-0.25, -0.2) is 4.39 Å². The van der Waals surface area contributed by atoms with Gasteiger partial charge in [0.15, 0.2) is 0 Å². The van der Waals surface area contributed by atoms with Crippen molar-refractivity contribution in [1.82, 2.24) is 9.55 Å². The van der Waals surface area contributed by atoms with E-state index >= 15 is 0 Å². The van der Waals surface area contributed by atoms with Gasteiger partial charge in [-0.1, -0.05) is 23.7 Å². The summed E-state index contributed by atoms with van der Waals surface area (Å²) in [4.78, 5) is 15.4. The molecule has 3 aromatic rings. The van der Waals surface area contributed by atoms with Crippen molar-refractivity contribution < 1.29 is 27.0 Å². The van der Waals surface area contributed by atoms with Crippen molar-refractivity contribution in [1.29, 1.82) is 0 Å². The molecule has 3 rings (SSSR count). The van der Waals surface area contributed by atoms with Crippen molar-refractivity contribution in [3.8, 4) is 17.5 Å². The van der Waals surface area contributed by atoms with E-state index in [1.165, 1.54) is 17.7 Å². The fraction of sp³-hybridized carbons (Fsp3) is 0.273. The Bertz CT molecular complexity index is 1130. The summed E-state index contributed by atoms with van der Waals surface area (Å²) in [5.41, 5.74) is -0.165. The number of alkyl halides is 4. The SMILES string of the molecule is Cn1cc(CC(F)(F)F)c(=O)nc1OCCc1ccc(Oc2ccc(Cl)c(CF)c2)cc1. The predicted octanol–water partition coefficient (Wildman–Crippen LogP) is 5.42. The minimum atomic E-state index is -4.49. The summed E-state index contributed by atoms with van der Waals surface area (Å²) >= 11 is 5.89. The van der Waals surface area contributed by atoms with E-state index < -0.39 is 30.4 Å². The monoisotopic (exact) mass is 470 g/mol. The Hall–Kier alpha value is -3.07. The Kier molecular flexibility index (Phi) is 7.40. The second-order valence-corrected chi connectivity index (χ2v) is 7.40. The lowest BCUT2D eigenvalue weighted by Gasteiger charge is -2.12. The number of aryl methyl sites for hydroxylation is 1. The molecule has 10 heteroatoms. The van der Waals surface area contributed by atoms with Crippen molar-refractivity contribution in [2.45, 2.75) is 25.7 Å².